The summed E-state index contributed by atoms with van der Waals surface area (Å²) >= 11 is 0. The minimum atomic E-state index is -0.644. The third-order valence-corrected chi connectivity index (χ3v) is 8.05. The summed E-state index contributed by atoms with van der Waals surface area (Å²) < 4.78 is 34.7. The van der Waals surface area contributed by atoms with E-state index in [4.69, 9.17) is 38.0 Å². The summed E-state index contributed by atoms with van der Waals surface area (Å²) in [5.74, 6) is 0.562. The molecular weight excluding hydrogens is 652 g/mol. The molecule has 50 heavy (non-hydrogen) atoms. The number of nitrogens with zero attached hydrogens (tertiary/aromatic N) is 6. The average molecular weight is 687 g/mol. The minimum Gasteiger partial charge on any atom is -0.446 e. The monoisotopic (exact) mass is 686 g/mol. The lowest BCUT2D eigenvalue weighted by atomic mass is 10.1. The third-order valence-electron chi connectivity index (χ3n) is 8.05. The number of nitrogens with two attached hydrogens (primary N) is 2. The lowest BCUT2D eigenvalue weighted by Crippen LogP contribution is -2.29. The van der Waals surface area contributed by atoms with E-state index < -0.39 is 23.9 Å². The lowest BCUT2D eigenvalue weighted by Gasteiger charge is -2.14. The highest BCUT2D eigenvalue weighted by molar-refractivity contribution is 5.93. The van der Waals surface area contributed by atoms with Crippen LogP contribution < -0.4 is 22.1 Å². The van der Waals surface area contributed by atoms with E-state index in [2.05, 4.69) is 40.5 Å². The Morgan fingerprint density at radius 2 is 1.06 bits per heavy atom. The number of hydrogen-bond acceptors (Lipinski definition) is 16. The van der Waals surface area contributed by atoms with Gasteiger partial charge in [0.2, 0.25) is 35.3 Å². The Balaban J connectivity index is 1.28. The molecule has 0 spiro atoms. The number of fused-ring (bicyclic) bond motifs is 16. The number of unbranched alkanes of at least 4 members (excludes halogenated alkanes) is 2. The van der Waals surface area contributed by atoms with Gasteiger partial charge in [0, 0.05) is 0 Å². The molecule has 6 N–H and O–H groups in total. The van der Waals surface area contributed by atoms with E-state index in [1.54, 1.807) is 13.8 Å². The van der Waals surface area contributed by atoms with E-state index >= 15 is 0 Å². The summed E-state index contributed by atoms with van der Waals surface area (Å²) in [5.41, 5.74) is 12.5. The first-order valence-electron chi connectivity index (χ1n) is 16.1. The Morgan fingerprint density at radius 1 is 0.560 bits per heavy atom. The molecule has 0 aromatic carbocycles. The second kappa shape index (κ2) is 13.9. The molecule has 18 nitrogen and oxygen atoms in total. The van der Waals surface area contributed by atoms with Crippen LogP contribution in [0.5, 0.6) is 0 Å². The summed E-state index contributed by atoms with van der Waals surface area (Å²) in [5, 5.41) is 5.86. The molecule has 18 heteroatoms. The Kier molecular flexibility index (Phi) is 9.09. The molecule has 7 rings (SSSR count). The largest absolute Gasteiger partial charge is 0.446 e. The zero-order valence-corrected chi connectivity index (χ0v) is 27.2. The van der Waals surface area contributed by atoms with Crippen molar-refractivity contribution in [3.63, 3.8) is 0 Å². The van der Waals surface area contributed by atoms with E-state index in [9.17, 15) is 9.59 Å². The van der Waals surface area contributed by atoms with Gasteiger partial charge < -0.3 is 48.6 Å². The maximum absolute atomic E-state index is 13.4. The number of carbonyl (C=O) groups excluding carboxylic acids is 2. The maximum Gasteiger partial charge on any atom is 0.273 e. The Labute approximate surface area is 283 Å². The quantitative estimate of drug-likeness (QED) is 0.161. The number of hydrogen-bond donors (Lipinski definition) is 4. The molecule has 0 radical (unpaired) electrons. The van der Waals surface area contributed by atoms with Gasteiger partial charge in [0.05, 0.1) is 0 Å². The Morgan fingerprint density at radius 3 is 1.72 bits per heavy atom. The highest BCUT2D eigenvalue weighted by Gasteiger charge is 2.29. The molecule has 6 aromatic heterocycles. The topological polar surface area (TPSA) is 266 Å². The van der Waals surface area contributed by atoms with Gasteiger partial charge in [-0.15, -0.1) is 0 Å². The molecule has 12 bridgehead atoms. The van der Waals surface area contributed by atoms with Crippen molar-refractivity contribution in [3.05, 3.63) is 59.7 Å². The molecule has 0 saturated carbocycles. The zero-order valence-electron chi connectivity index (χ0n) is 27.2. The SMILES string of the molecule is Cc1oc2nc1-c1nc(co1)C(=O)N[C@@H](CCCCN)c1nc(co1)-c1nc(co1)-c1nc(co1)C(=O)N[C@@H](CCCCN)c1nc-2c(C)o1. The summed E-state index contributed by atoms with van der Waals surface area (Å²) in [6, 6.07) is -1.28. The Bertz CT molecular complexity index is 2120. The van der Waals surface area contributed by atoms with E-state index in [1.807, 2.05) is 0 Å². The number of amides is 2. The van der Waals surface area contributed by atoms with E-state index in [0.29, 0.717) is 56.0 Å². The first kappa shape index (κ1) is 32.7. The normalized spacial score (nSPS) is 16.2. The van der Waals surface area contributed by atoms with Gasteiger partial charge in [-0.3, -0.25) is 9.59 Å². The molecule has 1 aliphatic heterocycles. The fourth-order valence-electron chi connectivity index (χ4n) is 5.44. The molecule has 2 amide bonds. The van der Waals surface area contributed by atoms with Crippen LogP contribution in [0.1, 0.15) is 94.9 Å². The first-order chi connectivity index (χ1) is 24.3. The van der Waals surface area contributed by atoms with Crippen LogP contribution in [0.25, 0.3) is 46.3 Å². The van der Waals surface area contributed by atoms with Crippen molar-refractivity contribution in [2.24, 2.45) is 11.5 Å². The van der Waals surface area contributed by atoms with Crippen molar-refractivity contribution >= 4 is 11.8 Å². The van der Waals surface area contributed by atoms with Gasteiger partial charge >= 0.3 is 0 Å². The lowest BCUT2D eigenvalue weighted by molar-refractivity contribution is 0.0914. The highest BCUT2D eigenvalue weighted by Crippen LogP contribution is 2.33. The molecule has 0 aliphatic carbocycles. The van der Waals surface area contributed by atoms with Crippen molar-refractivity contribution in [1.29, 1.82) is 0 Å². The molecular formula is C32H34N10O8. The number of oxazole rings is 6. The number of aromatic nitrogens is 6. The van der Waals surface area contributed by atoms with Crippen molar-refractivity contribution in [3.8, 4) is 46.3 Å². The molecule has 1 aliphatic rings. The number of carbonyl (C=O) groups is 2. The van der Waals surface area contributed by atoms with Gasteiger partial charge in [0.1, 0.15) is 48.7 Å². The van der Waals surface area contributed by atoms with Crippen LogP contribution in [-0.2, 0) is 0 Å². The van der Waals surface area contributed by atoms with Gasteiger partial charge in [0.15, 0.2) is 34.2 Å². The van der Waals surface area contributed by atoms with Crippen LogP contribution in [-0.4, -0.2) is 54.8 Å². The van der Waals surface area contributed by atoms with Gasteiger partial charge in [-0.25, -0.2) is 29.9 Å². The van der Waals surface area contributed by atoms with Crippen LogP contribution in [0.15, 0.2) is 51.6 Å². The summed E-state index contributed by atoms with van der Waals surface area (Å²) in [4.78, 5) is 53.7. The number of aryl methyl sites for hydroxylation is 2. The van der Waals surface area contributed by atoms with E-state index in [1.165, 1.54) is 25.1 Å². The third kappa shape index (κ3) is 6.57. The minimum absolute atomic E-state index is 0.00408. The van der Waals surface area contributed by atoms with Crippen molar-refractivity contribution in [2.45, 2.75) is 64.5 Å². The second-order valence-corrected chi connectivity index (χ2v) is 11.7. The summed E-state index contributed by atoms with van der Waals surface area (Å²) in [6.07, 6.45) is 8.91. The molecule has 0 saturated heterocycles. The van der Waals surface area contributed by atoms with Gasteiger partial charge in [-0.05, 0) is 65.5 Å². The summed E-state index contributed by atoms with van der Waals surface area (Å²) in [6.45, 7) is 4.36. The zero-order chi connectivity index (χ0) is 34.8. The molecule has 6 aromatic rings. The van der Waals surface area contributed by atoms with Gasteiger partial charge in [-0.1, -0.05) is 0 Å². The van der Waals surface area contributed by atoms with Crippen LogP contribution in [0.3, 0.4) is 0 Å². The van der Waals surface area contributed by atoms with E-state index in [0.717, 1.165) is 12.8 Å². The molecule has 2 atom stereocenters. The van der Waals surface area contributed by atoms with Crippen molar-refractivity contribution < 1.29 is 36.1 Å². The predicted molar refractivity (Wildman–Crippen MR) is 171 cm³/mol. The fourth-order valence-corrected chi connectivity index (χ4v) is 5.44. The number of nitrogens with one attached hydrogen (secondary N) is 2. The van der Waals surface area contributed by atoms with Gasteiger partial charge in [-0.2, -0.15) is 0 Å². The number of rotatable bonds is 8. The first-order valence-corrected chi connectivity index (χ1v) is 16.1. The molecule has 0 fully saturated rings. The Hall–Kier alpha value is -5.88. The highest BCUT2D eigenvalue weighted by atomic mass is 16.4. The predicted octanol–water partition coefficient (Wildman–Crippen LogP) is 4.41. The van der Waals surface area contributed by atoms with Crippen LogP contribution in [0, 0.1) is 13.8 Å². The van der Waals surface area contributed by atoms with Crippen molar-refractivity contribution in [2.75, 3.05) is 13.1 Å². The second-order valence-electron chi connectivity index (χ2n) is 11.7. The smallest absolute Gasteiger partial charge is 0.273 e. The van der Waals surface area contributed by atoms with Gasteiger partial charge in [0.25, 0.3) is 11.8 Å². The molecule has 260 valence electrons. The standard InChI is InChI=1S/C32H34N10O8/c1-15-23-31-38-20(12-48-31)26(44)35-17(7-3-5-9-33)27-39-22(13-46-27)29-40-21(14-47-29)28-37-19(11-45-28)25(43)36-18(8-4-6-10-34)30-41-24(16(2)49-30)32(42-23)50-15/h11-14,17-18H,3-10,33-34H2,1-2H3,(H,35,44)(H,36,43)/t17-,18-/m0/s1. The van der Waals surface area contributed by atoms with Crippen LogP contribution in [0.4, 0.5) is 0 Å². The van der Waals surface area contributed by atoms with Crippen LogP contribution in [0.2, 0.25) is 0 Å². The fraction of sp³-hybridized carbons (Fsp3) is 0.375. The van der Waals surface area contributed by atoms with Crippen LogP contribution >= 0.6 is 0 Å². The summed E-state index contributed by atoms with van der Waals surface area (Å²) in [7, 11) is 0. The molecule has 7 heterocycles. The van der Waals surface area contributed by atoms with Crippen molar-refractivity contribution in [1.82, 2.24) is 40.5 Å². The average Bonchev–Trinajstić information content (AvgIpc) is 3.95. The maximum atomic E-state index is 13.4. The molecule has 0 unspecified atom stereocenters. The van der Waals surface area contributed by atoms with E-state index in [-0.39, 0.29) is 63.8 Å².